The molecule has 1 N–H and O–H groups in total. The van der Waals surface area contributed by atoms with Crippen molar-refractivity contribution in [1.29, 1.82) is 0 Å². The molecule has 0 amide bonds. The van der Waals surface area contributed by atoms with Crippen LogP contribution in [0.1, 0.15) is 56.2 Å². The number of phenols is 1. The van der Waals surface area contributed by atoms with Crippen LogP contribution in [0.4, 0.5) is 0 Å². The average Bonchev–Trinajstić information content (AvgIpc) is 2.59. The fourth-order valence-corrected chi connectivity index (χ4v) is 4.66. The predicted octanol–water partition coefficient (Wildman–Crippen LogP) is 5.79. The van der Waals surface area contributed by atoms with E-state index in [0.29, 0.717) is 11.7 Å². The summed E-state index contributed by atoms with van der Waals surface area (Å²) in [5, 5.41) is 10.8. The van der Waals surface area contributed by atoms with Crippen LogP contribution in [0.2, 0.25) is 0 Å². The van der Waals surface area contributed by atoms with Gasteiger partial charge in [0.1, 0.15) is 17.1 Å². The molecule has 4 rings (SSSR count). The molecule has 2 nitrogen and oxygen atoms in total. The Morgan fingerprint density at radius 3 is 2.58 bits per heavy atom. The van der Waals surface area contributed by atoms with E-state index in [4.69, 9.17) is 4.74 Å². The third kappa shape index (κ3) is 3.13. The summed E-state index contributed by atoms with van der Waals surface area (Å²) in [6.07, 6.45) is 6.46. The van der Waals surface area contributed by atoms with Gasteiger partial charge >= 0.3 is 0 Å². The van der Waals surface area contributed by atoms with Crippen LogP contribution in [0.25, 0.3) is 0 Å². The van der Waals surface area contributed by atoms with E-state index in [1.165, 1.54) is 11.1 Å². The van der Waals surface area contributed by atoms with Crippen LogP contribution in [-0.2, 0) is 12.8 Å². The van der Waals surface area contributed by atoms with Crippen molar-refractivity contribution in [2.24, 2.45) is 5.92 Å². The summed E-state index contributed by atoms with van der Waals surface area (Å²) in [7, 11) is 0. The number of rotatable bonds is 3. The number of ether oxygens (including phenoxy) is 1. The lowest BCUT2D eigenvalue weighted by atomic mass is 9.68. The highest BCUT2D eigenvalue weighted by atomic mass is 16.5. The summed E-state index contributed by atoms with van der Waals surface area (Å²) in [4.78, 5) is 0. The summed E-state index contributed by atoms with van der Waals surface area (Å²) in [5.41, 5.74) is 4.64. The monoisotopic (exact) mass is 348 g/mol. The molecule has 1 aliphatic heterocycles. The van der Waals surface area contributed by atoms with Crippen molar-refractivity contribution >= 4 is 0 Å². The summed E-state index contributed by atoms with van der Waals surface area (Å²) >= 11 is 0. The van der Waals surface area contributed by atoms with Gasteiger partial charge in [0.05, 0.1) is 0 Å². The minimum atomic E-state index is -0.209. The summed E-state index contributed by atoms with van der Waals surface area (Å²) < 4.78 is 6.41. The first-order valence-electron chi connectivity index (χ1n) is 9.70. The standard InChI is InChI=1S/C24H28O2/c1-16-9-12-20-19(13-16)23-21(25)14-18(15-22(23)26-24(20,2)3)11-10-17-7-5-4-6-8-17/h4-8,13-15,19-20,25H,9-12H2,1-3H3/t19-,20+/m1/s1. The van der Waals surface area contributed by atoms with Crippen LogP contribution in [-0.4, -0.2) is 10.7 Å². The Hall–Kier alpha value is -2.22. The second-order valence-electron chi connectivity index (χ2n) is 8.40. The molecule has 2 aromatic carbocycles. The van der Waals surface area contributed by atoms with E-state index in [0.717, 1.165) is 42.6 Å². The molecule has 0 unspecified atom stereocenters. The second kappa shape index (κ2) is 6.50. The van der Waals surface area contributed by atoms with Crippen LogP contribution < -0.4 is 4.74 Å². The van der Waals surface area contributed by atoms with Gasteiger partial charge in [-0.25, -0.2) is 0 Å². The molecule has 2 aromatic rings. The van der Waals surface area contributed by atoms with Crippen molar-refractivity contribution in [1.82, 2.24) is 0 Å². The van der Waals surface area contributed by atoms with Crippen molar-refractivity contribution < 1.29 is 9.84 Å². The number of hydrogen-bond donors (Lipinski definition) is 1. The van der Waals surface area contributed by atoms with Gasteiger partial charge in [0, 0.05) is 17.4 Å². The lowest BCUT2D eigenvalue weighted by Crippen LogP contribution is -2.45. The molecule has 1 heterocycles. The van der Waals surface area contributed by atoms with E-state index in [-0.39, 0.29) is 11.5 Å². The van der Waals surface area contributed by atoms with E-state index < -0.39 is 0 Å². The first kappa shape index (κ1) is 17.2. The van der Waals surface area contributed by atoms with Crippen molar-refractivity contribution in [2.45, 2.75) is 58.0 Å². The molecule has 0 saturated heterocycles. The molecule has 2 heteroatoms. The highest BCUT2D eigenvalue weighted by molar-refractivity contribution is 5.54. The third-order valence-electron chi connectivity index (χ3n) is 6.07. The zero-order valence-electron chi connectivity index (χ0n) is 16.0. The number of phenolic OH excluding ortho intramolecular Hbond substituents is 1. The van der Waals surface area contributed by atoms with Gasteiger partial charge in [-0.05, 0) is 69.7 Å². The fourth-order valence-electron chi connectivity index (χ4n) is 4.66. The number of aryl methyl sites for hydroxylation is 2. The van der Waals surface area contributed by atoms with Gasteiger partial charge in [0.2, 0.25) is 0 Å². The highest BCUT2D eigenvalue weighted by Crippen LogP contribution is 2.53. The zero-order chi connectivity index (χ0) is 18.3. The Bertz CT molecular complexity index is 833. The van der Waals surface area contributed by atoms with Gasteiger partial charge in [0.25, 0.3) is 0 Å². The van der Waals surface area contributed by atoms with Crippen LogP contribution in [0.5, 0.6) is 11.5 Å². The maximum Gasteiger partial charge on any atom is 0.127 e. The van der Waals surface area contributed by atoms with E-state index in [1.807, 2.05) is 12.1 Å². The molecule has 0 fully saturated rings. The second-order valence-corrected chi connectivity index (χ2v) is 8.40. The lowest BCUT2D eigenvalue weighted by Gasteiger charge is -2.46. The zero-order valence-corrected chi connectivity index (χ0v) is 16.0. The minimum Gasteiger partial charge on any atom is -0.507 e. The molecule has 0 bridgehead atoms. The Morgan fingerprint density at radius 1 is 1.08 bits per heavy atom. The van der Waals surface area contributed by atoms with E-state index in [2.05, 4.69) is 57.2 Å². The smallest absolute Gasteiger partial charge is 0.127 e. The first-order chi connectivity index (χ1) is 12.4. The Morgan fingerprint density at radius 2 is 1.81 bits per heavy atom. The molecule has 0 saturated carbocycles. The average molecular weight is 348 g/mol. The van der Waals surface area contributed by atoms with Gasteiger partial charge in [0.15, 0.2) is 0 Å². The summed E-state index contributed by atoms with van der Waals surface area (Å²) in [5.74, 6) is 1.93. The molecule has 0 spiro atoms. The predicted molar refractivity (Wildman–Crippen MR) is 106 cm³/mol. The number of hydrogen-bond acceptors (Lipinski definition) is 2. The van der Waals surface area contributed by atoms with Crippen LogP contribution in [0, 0.1) is 5.92 Å². The minimum absolute atomic E-state index is 0.209. The maximum absolute atomic E-state index is 10.8. The molecule has 26 heavy (non-hydrogen) atoms. The van der Waals surface area contributed by atoms with Crippen molar-refractivity contribution in [3.63, 3.8) is 0 Å². The topological polar surface area (TPSA) is 29.5 Å². The number of allylic oxidation sites excluding steroid dienone is 2. The lowest BCUT2D eigenvalue weighted by molar-refractivity contribution is 0.0107. The molecule has 1 aliphatic carbocycles. The highest BCUT2D eigenvalue weighted by Gasteiger charge is 2.45. The van der Waals surface area contributed by atoms with Gasteiger partial charge in [-0.2, -0.15) is 0 Å². The van der Waals surface area contributed by atoms with Gasteiger partial charge in [-0.1, -0.05) is 42.0 Å². The van der Waals surface area contributed by atoms with Gasteiger partial charge in [-0.15, -0.1) is 0 Å². The number of aromatic hydroxyl groups is 1. The van der Waals surface area contributed by atoms with E-state index in [1.54, 1.807) is 0 Å². The Kier molecular flexibility index (Phi) is 4.30. The van der Waals surface area contributed by atoms with E-state index in [9.17, 15) is 5.11 Å². The molecule has 2 atom stereocenters. The molecular formula is C24H28O2. The summed E-state index contributed by atoms with van der Waals surface area (Å²) in [6.45, 7) is 6.58. The van der Waals surface area contributed by atoms with Crippen molar-refractivity contribution in [3.05, 3.63) is 70.8 Å². The number of fused-ring (bicyclic) bond motifs is 3. The Balaban J connectivity index is 1.67. The molecule has 0 aromatic heterocycles. The van der Waals surface area contributed by atoms with Crippen molar-refractivity contribution in [3.8, 4) is 11.5 Å². The largest absolute Gasteiger partial charge is 0.507 e. The number of benzene rings is 2. The van der Waals surface area contributed by atoms with Crippen LogP contribution in [0.15, 0.2) is 54.1 Å². The molecule has 2 aliphatic rings. The van der Waals surface area contributed by atoms with Gasteiger partial charge < -0.3 is 9.84 Å². The fraction of sp³-hybridized carbons (Fsp3) is 0.417. The molecular weight excluding hydrogens is 320 g/mol. The van der Waals surface area contributed by atoms with Crippen molar-refractivity contribution in [2.75, 3.05) is 0 Å². The first-order valence-corrected chi connectivity index (χ1v) is 9.70. The molecule has 0 radical (unpaired) electrons. The molecule has 136 valence electrons. The van der Waals surface area contributed by atoms with Crippen LogP contribution >= 0.6 is 0 Å². The summed E-state index contributed by atoms with van der Waals surface area (Å²) in [6, 6.07) is 14.6. The van der Waals surface area contributed by atoms with E-state index >= 15 is 0 Å². The van der Waals surface area contributed by atoms with Gasteiger partial charge in [-0.3, -0.25) is 0 Å². The normalized spacial score (nSPS) is 23.4. The third-order valence-corrected chi connectivity index (χ3v) is 6.07. The SMILES string of the molecule is CC1=C[C@H]2c3c(O)cc(CCc4ccccc4)cc3OC(C)(C)[C@H]2CC1. The maximum atomic E-state index is 10.8. The quantitative estimate of drug-likeness (QED) is 0.712. The van der Waals surface area contributed by atoms with Crippen LogP contribution in [0.3, 0.4) is 0 Å². The Labute approximate surface area is 156 Å².